The molecule has 104 valence electrons. The fraction of sp³-hybridized carbons (Fsp3) is 0.462. The van der Waals surface area contributed by atoms with Gasteiger partial charge in [0.05, 0.1) is 19.8 Å². The van der Waals surface area contributed by atoms with Crippen LogP contribution in [-0.2, 0) is 11.3 Å². The molecule has 2 aromatic heterocycles. The minimum Gasteiger partial charge on any atom is -0.459 e. The quantitative estimate of drug-likeness (QED) is 0.723. The summed E-state index contributed by atoms with van der Waals surface area (Å²) in [5, 5.41) is 12.7. The molecule has 19 heavy (non-hydrogen) atoms. The first-order chi connectivity index (χ1) is 9.29. The third kappa shape index (κ3) is 4.43. The van der Waals surface area contributed by atoms with Crippen LogP contribution in [0.2, 0.25) is 0 Å². The first kappa shape index (κ1) is 14.2. The van der Waals surface area contributed by atoms with E-state index in [4.69, 9.17) is 14.3 Å². The van der Waals surface area contributed by atoms with Crippen LogP contribution >= 0.6 is 11.3 Å². The smallest absolute Gasteiger partial charge is 0.162 e. The number of aryl methyl sites for hydroxylation is 1. The zero-order valence-corrected chi connectivity index (χ0v) is 11.7. The number of hydrogen-bond donors (Lipinski definition) is 2. The standard InChI is InChI=1S/C13H18N2O3S/c1-10-2-3-12(18-10)13-15-9-11(19-13)8-14-4-6-17-7-5-16/h2-3,9,14,16H,4-8H2,1H3. The number of rotatable bonds is 8. The lowest BCUT2D eigenvalue weighted by Gasteiger charge is -2.03. The number of aliphatic hydroxyl groups is 1. The van der Waals surface area contributed by atoms with Gasteiger partial charge in [0.15, 0.2) is 10.8 Å². The van der Waals surface area contributed by atoms with Crippen molar-refractivity contribution in [3.05, 3.63) is 29.0 Å². The van der Waals surface area contributed by atoms with Gasteiger partial charge in [-0.25, -0.2) is 4.98 Å². The van der Waals surface area contributed by atoms with Gasteiger partial charge in [0, 0.05) is 24.2 Å². The minimum absolute atomic E-state index is 0.0702. The summed E-state index contributed by atoms with van der Waals surface area (Å²) < 4.78 is 10.7. The van der Waals surface area contributed by atoms with Gasteiger partial charge in [-0.1, -0.05) is 0 Å². The normalized spacial score (nSPS) is 11.1. The van der Waals surface area contributed by atoms with Crippen LogP contribution in [0.25, 0.3) is 10.8 Å². The first-order valence-corrected chi connectivity index (χ1v) is 7.02. The largest absolute Gasteiger partial charge is 0.459 e. The van der Waals surface area contributed by atoms with Crippen LogP contribution in [0.15, 0.2) is 22.7 Å². The lowest BCUT2D eigenvalue weighted by atomic mass is 10.4. The fourth-order valence-corrected chi connectivity index (χ4v) is 2.42. The summed E-state index contributed by atoms with van der Waals surface area (Å²) in [6, 6.07) is 3.88. The van der Waals surface area contributed by atoms with Crippen molar-refractivity contribution in [1.29, 1.82) is 0 Å². The molecule has 0 amide bonds. The van der Waals surface area contributed by atoms with Gasteiger partial charge in [0.1, 0.15) is 5.76 Å². The van der Waals surface area contributed by atoms with Crippen molar-refractivity contribution in [3.8, 4) is 10.8 Å². The Bertz CT molecular complexity index is 496. The summed E-state index contributed by atoms with van der Waals surface area (Å²) in [5.41, 5.74) is 0. The van der Waals surface area contributed by atoms with E-state index in [1.807, 2.05) is 25.3 Å². The van der Waals surface area contributed by atoms with E-state index in [0.717, 1.165) is 34.5 Å². The number of thiazole rings is 1. The Morgan fingerprint density at radius 3 is 3.05 bits per heavy atom. The molecule has 2 heterocycles. The average molecular weight is 282 g/mol. The average Bonchev–Trinajstić information content (AvgIpc) is 3.02. The van der Waals surface area contributed by atoms with Crippen LogP contribution in [-0.4, -0.2) is 36.5 Å². The fourth-order valence-electron chi connectivity index (χ4n) is 1.58. The number of nitrogens with zero attached hydrogens (tertiary/aromatic N) is 1. The first-order valence-electron chi connectivity index (χ1n) is 6.20. The van der Waals surface area contributed by atoms with Gasteiger partial charge >= 0.3 is 0 Å². The Morgan fingerprint density at radius 2 is 2.32 bits per heavy atom. The lowest BCUT2D eigenvalue weighted by molar-refractivity contribution is 0.0938. The lowest BCUT2D eigenvalue weighted by Crippen LogP contribution is -2.19. The zero-order chi connectivity index (χ0) is 13.5. The van der Waals surface area contributed by atoms with Gasteiger partial charge in [-0.15, -0.1) is 11.3 Å². The van der Waals surface area contributed by atoms with Crippen molar-refractivity contribution < 1.29 is 14.3 Å². The molecule has 0 saturated carbocycles. The molecule has 0 aromatic carbocycles. The zero-order valence-electron chi connectivity index (χ0n) is 10.9. The SMILES string of the molecule is Cc1ccc(-c2ncc(CNCCOCCO)s2)o1. The molecular formula is C13H18N2O3S. The van der Waals surface area contributed by atoms with Gasteiger partial charge in [-0.2, -0.15) is 0 Å². The van der Waals surface area contributed by atoms with E-state index in [-0.39, 0.29) is 6.61 Å². The maximum absolute atomic E-state index is 8.55. The molecule has 0 fully saturated rings. The van der Waals surface area contributed by atoms with Gasteiger partial charge < -0.3 is 19.6 Å². The molecule has 6 heteroatoms. The summed E-state index contributed by atoms with van der Waals surface area (Å²) in [6.07, 6.45) is 1.86. The molecule has 0 atom stereocenters. The topological polar surface area (TPSA) is 67.5 Å². The Balaban J connectivity index is 1.75. The van der Waals surface area contributed by atoms with Crippen LogP contribution in [0.3, 0.4) is 0 Å². The van der Waals surface area contributed by atoms with Crippen molar-refractivity contribution in [1.82, 2.24) is 10.3 Å². The second kappa shape index (κ2) is 7.40. The van der Waals surface area contributed by atoms with E-state index in [0.29, 0.717) is 13.2 Å². The molecule has 0 radical (unpaired) electrons. The predicted molar refractivity (Wildman–Crippen MR) is 74.2 cm³/mol. The van der Waals surface area contributed by atoms with Crippen molar-refractivity contribution in [2.75, 3.05) is 26.4 Å². The molecule has 2 aromatic rings. The van der Waals surface area contributed by atoms with Crippen LogP contribution < -0.4 is 5.32 Å². The summed E-state index contributed by atoms with van der Waals surface area (Å²) in [7, 11) is 0. The number of ether oxygens (including phenoxy) is 1. The number of aromatic nitrogens is 1. The molecule has 0 unspecified atom stereocenters. The molecule has 5 nitrogen and oxygen atoms in total. The molecule has 0 aliphatic carbocycles. The monoisotopic (exact) mass is 282 g/mol. The molecule has 0 aliphatic heterocycles. The van der Waals surface area contributed by atoms with E-state index in [1.54, 1.807) is 11.3 Å². The van der Waals surface area contributed by atoms with Crippen molar-refractivity contribution in [2.45, 2.75) is 13.5 Å². The Labute approximate surface area is 116 Å². The number of aliphatic hydroxyl groups excluding tert-OH is 1. The molecule has 2 N–H and O–H groups in total. The number of hydrogen-bond acceptors (Lipinski definition) is 6. The summed E-state index contributed by atoms with van der Waals surface area (Å²) in [5.74, 6) is 1.71. The van der Waals surface area contributed by atoms with Gasteiger partial charge in [-0.05, 0) is 19.1 Å². The summed E-state index contributed by atoms with van der Waals surface area (Å²) >= 11 is 1.62. The van der Waals surface area contributed by atoms with E-state index >= 15 is 0 Å². The second-order valence-corrected chi connectivity index (χ2v) is 5.17. The van der Waals surface area contributed by atoms with Gasteiger partial charge in [-0.3, -0.25) is 0 Å². The Morgan fingerprint density at radius 1 is 1.42 bits per heavy atom. The van der Waals surface area contributed by atoms with Crippen molar-refractivity contribution in [3.63, 3.8) is 0 Å². The van der Waals surface area contributed by atoms with Gasteiger partial charge in [0.2, 0.25) is 0 Å². The highest BCUT2D eigenvalue weighted by Gasteiger charge is 2.07. The molecule has 2 rings (SSSR count). The maximum Gasteiger partial charge on any atom is 0.162 e. The van der Waals surface area contributed by atoms with Crippen LogP contribution in [0.4, 0.5) is 0 Å². The third-order valence-electron chi connectivity index (χ3n) is 2.46. The molecule has 0 bridgehead atoms. The van der Waals surface area contributed by atoms with Gasteiger partial charge in [0.25, 0.3) is 0 Å². The Hall–Kier alpha value is -1.21. The van der Waals surface area contributed by atoms with E-state index in [9.17, 15) is 0 Å². The van der Waals surface area contributed by atoms with E-state index < -0.39 is 0 Å². The highest BCUT2D eigenvalue weighted by molar-refractivity contribution is 7.14. The highest BCUT2D eigenvalue weighted by Crippen LogP contribution is 2.26. The van der Waals surface area contributed by atoms with Crippen LogP contribution in [0.5, 0.6) is 0 Å². The second-order valence-electron chi connectivity index (χ2n) is 4.05. The molecule has 0 spiro atoms. The minimum atomic E-state index is 0.0702. The van der Waals surface area contributed by atoms with E-state index in [2.05, 4.69) is 10.3 Å². The van der Waals surface area contributed by atoms with E-state index in [1.165, 1.54) is 0 Å². The predicted octanol–water partition coefficient (Wildman–Crippen LogP) is 1.81. The Kier molecular flexibility index (Phi) is 5.53. The highest BCUT2D eigenvalue weighted by atomic mass is 32.1. The third-order valence-corrected chi connectivity index (χ3v) is 3.47. The number of nitrogens with one attached hydrogen (secondary N) is 1. The van der Waals surface area contributed by atoms with Crippen LogP contribution in [0.1, 0.15) is 10.6 Å². The molecule has 0 aliphatic rings. The maximum atomic E-state index is 8.55. The van der Waals surface area contributed by atoms with Crippen LogP contribution in [0, 0.1) is 6.92 Å². The molecule has 0 saturated heterocycles. The summed E-state index contributed by atoms with van der Waals surface area (Å²) in [6.45, 7) is 4.51. The van der Waals surface area contributed by atoms with Crippen molar-refractivity contribution >= 4 is 11.3 Å². The molecular weight excluding hydrogens is 264 g/mol. The van der Waals surface area contributed by atoms with Crippen molar-refractivity contribution in [2.24, 2.45) is 0 Å². The summed E-state index contributed by atoms with van der Waals surface area (Å²) in [4.78, 5) is 5.51. The number of furan rings is 1.